The third kappa shape index (κ3) is 6.91. The largest absolute Gasteiger partial charge is 0.368 e. The van der Waals surface area contributed by atoms with Crippen LogP contribution >= 0.6 is 12.6 Å². The van der Waals surface area contributed by atoms with Crippen molar-refractivity contribution >= 4 is 12.6 Å². The van der Waals surface area contributed by atoms with Gasteiger partial charge in [-0.3, -0.25) is 0 Å². The average Bonchev–Trinajstić information content (AvgIpc) is 2.01. The van der Waals surface area contributed by atoms with E-state index in [1.807, 2.05) is 6.92 Å². The van der Waals surface area contributed by atoms with E-state index in [0.717, 1.165) is 18.6 Å². The molecule has 4 heteroatoms. The van der Waals surface area contributed by atoms with E-state index in [1.165, 1.54) is 0 Å². The smallest absolute Gasteiger partial charge is 0.157 e. The van der Waals surface area contributed by atoms with Gasteiger partial charge in [0.05, 0.1) is 0 Å². The van der Waals surface area contributed by atoms with Crippen molar-refractivity contribution in [3.8, 4) is 0 Å². The van der Waals surface area contributed by atoms with Crippen molar-refractivity contribution in [2.24, 2.45) is 0 Å². The molecule has 0 aliphatic carbocycles. The summed E-state index contributed by atoms with van der Waals surface area (Å²) < 4.78 is 4.87. The van der Waals surface area contributed by atoms with Gasteiger partial charge in [-0.05, 0) is 25.0 Å². The normalized spacial score (nSPS) is 16.0. The second kappa shape index (κ2) is 7.86. The number of rotatable bonds is 7. The van der Waals surface area contributed by atoms with Gasteiger partial charge in [-0.25, -0.2) is 0 Å². The molecular weight excluding hydrogens is 176 g/mol. The summed E-state index contributed by atoms with van der Waals surface area (Å²) in [5, 5.41) is 18.3. The minimum atomic E-state index is -0.848. The minimum absolute atomic E-state index is 0.532. The predicted octanol–water partition coefficient (Wildman–Crippen LogP) is 1.15. The molecule has 2 atom stereocenters. The third-order valence-corrected chi connectivity index (χ3v) is 1.78. The molecule has 0 saturated carbocycles. The first kappa shape index (κ1) is 12.2. The Kier molecular flexibility index (Phi) is 8.01. The highest BCUT2D eigenvalue weighted by Crippen LogP contribution is 2.05. The van der Waals surface area contributed by atoms with Crippen LogP contribution in [0.1, 0.15) is 32.6 Å². The van der Waals surface area contributed by atoms with Crippen LogP contribution in [0.5, 0.6) is 0 Å². The first-order valence-electron chi connectivity index (χ1n) is 4.33. The molecule has 0 bridgehead atoms. The van der Waals surface area contributed by atoms with Crippen LogP contribution in [0.25, 0.3) is 0 Å². The summed E-state index contributed by atoms with van der Waals surface area (Å²) in [5.41, 5.74) is 0. The van der Waals surface area contributed by atoms with Crippen LogP contribution in [-0.4, -0.2) is 28.5 Å². The molecule has 74 valence electrons. The highest BCUT2D eigenvalue weighted by molar-refractivity contribution is 7.80. The Hall–Kier alpha value is 0.230. The summed E-state index contributed by atoms with van der Waals surface area (Å²) in [7, 11) is 0. The zero-order valence-corrected chi connectivity index (χ0v) is 8.33. The lowest BCUT2D eigenvalue weighted by atomic mass is 10.3. The van der Waals surface area contributed by atoms with Gasteiger partial charge in [0.25, 0.3) is 0 Å². The summed E-state index contributed by atoms with van der Waals surface area (Å²) in [4.78, 5) is 0. The monoisotopic (exact) mass is 194 g/mol. The molecule has 0 saturated heterocycles. The second-order valence-corrected chi connectivity index (χ2v) is 3.15. The van der Waals surface area contributed by atoms with E-state index in [0.29, 0.717) is 12.8 Å². The molecule has 0 aliphatic rings. The average molecular weight is 194 g/mol. The highest BCUT2D eigenvalue weighted by Gasteiger charge is 2.09. The van der Waals surface area contributed by atoms with Crippen LogP contribution in [0.4, 0.5) is 0 Å². The van der Waals surface area contributed by atoms with Gasteiger partial charge in [0, 0.05) is 0 Å². The Labute approximate surface area is 79.2 Å². The summed E-state index contributed by atoms with van der Waals surface area (Å²) in [6.07, 6.45) is 1.06. The van der Waals surface area contributed by atoms with E-state index in [2.05, 4.69) is 12.6 Å². The molecule has 0 fully saturated rings. The van der Waals surface area contributed by atoms with E-state index in [9.17, 15) is 0 Å². The topological polar surface area (TPSA) is 49.7 Å². The molecule has 0 heterocycles. The summed E-state index contributed by atoms with van der Waals surface area (Å²) in [6, 6.07) is 0. The molecule has 2 N–H and O–H groups in total. The fourth-order valence-corrected chi connectivity index (χ4v) is 1.01. The lowest BCUT2D eigenvalue weighted by Gasteiger charge is -2.15. The van der Waals surface area contributed by atoms with E-state index in [-0.39, 0.29) is 0 Å². The van der Waals surface area contributed by atoms with Crippen molar-refractivity contribution in [2.75, 3.05) is 5.75 Å². The zero-order valence-electron chi connectivity index (χ0n) is 7.44. The maximum absolute atomic E-state index is 9.16. The summed E-state index contributed by atoms with van der Waals surface area (Å²) >= 11 is 4.00. The molecule has 0 aromatic carbocycles. The fourth-order valence-electron chi connectivity index (χ4n) is 0.830. The Balaban J connectivity index is 3.33. The van der Waals surface area contributed by atoms with Crippen molar-refractivity contribution in [1.82, 2.24) is 0 Å². The first-order chi connectivity index (χ1) is 5.70. The van der Waals surface area contributed by atoms with Crippen molar-refractivity contribution in [3.63, 3.8) is 0 Å². The standard InChI is InChI=1S/C8H18O3S/c1-2-4-7(9)11-8(10)5-3-6-12/h7-10,12H,2-6H2,1H3. The van der Waals surface area contributed by atoms with Gasteiger partial charge in [0.1, 0.15) is 0 Å². The summed E-state index contributed by atoms with van der Waals surface area (Å²) in [6.45, 7) is 1.95. The number of ether oxygens (including phenoxy) is 1. The Morgan fingerprint density at radius 1 is 1.25 bits per heavy atom. The van der Waals surface area contributed by atoms with Crippen LogP contribution in [0.2, 0.25) is 0 Å². The second-order valence-electron chi connectivity index (χ2n) is 2.70. The van der Waals surface area contributed by atoms with Gasteiger partial charge >= 0.3 is 0 Å². The van der Waals surface area contributed by atoms with Gasteiger partial charge in [0.2, 0.25) is 0 Å². The molecule has 0 radical (unpaired) electrons. The molecule has 0 aromatic rings. The van der Waals surface area contributed by atoms with Crippen LogP contribution in [0.15, 0.2) is 0 Å². The molecule has 12 heavy (non-hydrogen) atoms. The number of hydrogen-bond donors (Lipinski definition) is 3. The van der Waals surface area contributed by atoms with Crippen molar-refractivity contribution in [1.29, 1.82) is 0 Å². The van der Waals surface area contributed by atoms with Gasteiger partial charge in [-0.2, -0.15) is 12.6 Å². The molecule has 0 aliphatic heterocycles. The van der Waals surface area contributed by atoms with Crippen molar-refractivity contribution in [3.05, 3.63) is 0 Å². The summed E-state index contributed by atoms with van der Waals surface area (Å²) in [5.74, 6) is 0.726. The van der Waals surface area contributed by atoms with E-state index in [1.54, 1.807) is 0 Å². The maximum atomic E-state index is 9.16. The lowest BCUT2D eigenvalue weighted by Crippen LogP contribution is -2.21. The maximum Gasteiger partial charge on any atom is 0.157 e. The van der Waals surface area contributed by atoms with Crippen LogP contribution in [0, 0.1) is 0 Å². The minimum Gasteiger partial charge on any atom is -0.368 e. The molecular formula is C8H18O3S. The third-order valence-electron chi connectivity index (χ3n) is 1.46. The number of aliphatic hydroxyl groups is 2. The fraction of sp³-hybridized carbons (Fsp3) is 1.00. The van der Waals surface area contributed by atoms with Gasteiger partial charge < -0.3 is 14.9 Å². The first-order valence-corrected chi connectivity index (χ1v) is 4.96. The SMILES string of the molecule is CCCC(O)OC(O)CCCS. The molecule has 0 rings (SSSR count). The van der Waals surface area contributed by atoms with Crippen molar-refractivity contribution < 1.29 is 14.9 Å². The molecule has 0 spiro atoms. The highest BCUT2D eigenvalue weighted by atomic mass is 32.1. The van der Waals surface area contributed by atoms with Gasteiger partial charge in [-0.1, -0.05) is 13.3 Å². The van der Waals surface area contributed by atoms with Crippen LogP contribution in [-0.2, 0) is 4.74 Å². The van der Waals surface area contributed by atoms with Crippen LogP contribution in [0.3, 0.4) is 0 Å². The number of aliphatic hydroxyl groups excluding tert-OH is 2. The van der Waals surface area contributed by atoms with E-state index in [4.69, 9.17) is 14.9 Å². The lowest BCUT2D eigenvalue weighted by molar-refractivity contribution is -0.211. The van der Waals surface area contributed by atoms with Gasteiger partial charge in [-0.15, -0.1) is 0 Å². The number of hydrogen-bond acceptors (Lipinski definition) is 4. The molecule has 0 aromatic heterocycles. The Bertz CT molecular complexity index is 100. The van der Waals surface area contributed by atoms with E-state index < -0.39 is 12.6 Å². The van der Waals surface area contributed by atoms with Crippen LogP contribution < -0.4 is 0 Å². The van der Waals surface area contributed by atoms with E-state index >= 15 is 0 Å². The quantitative estimate of drug-likeness (QED) is 0.421. The molecule has 0 amide bonds. The molecule has 3 nitrogen and oxygen atoms in total. The van der Waals surface area contributed by atoms with Crippen molar-refractivity contribution in [2.45, 2.75) is 45.2 Å². The molecule has 2 unspecified atom stereocenters. The Morgan fingerprint density at radius 3 is 2.33 bits per heavy atom. The van der Waals surface area contributed by atoms with Gasteiger partial charge in [0.15, 0.2) is 12.6 Å². The predicted molar refractivity (Wildman–Crippen MR) is 51.1 cm³/mol. The Morgan fingerprint density at radius 2 is 1.83 bits per heavy atom. The zero-order chi connectivity index (χ0) is 9.40. The number of thiol groups is 1.